The van der Waals surface area contributed by atoms with Gasteiger partial charge in [0.05, 0.1) is 6.20 Å². The molecule has 0 bridgehead atoms. The monoisotopic (exact) mass is 231 g/mol. The Labute approximate surface area is 99.2 Å². The molecule has 0 aliphatic carbocycles. The van der Waals surface area contributed by atoms with E-state index in [9.17, 15) is 4.79 Å². The van der Waals surface area contributed by atoms with Gasteiger partial charge < -0.3 is 9.26 Å². The Morgan fingerprint density at radius 2 is 2.12 bits per heavy atom. The summed E-state index contributed by atoms with van der Waals surface area (Å²) >= 11 is 0. The first-order chi connectivity index (χ1) is 8.29. The maximum absolute atomic E-state index is 11.4. The third kappa shape index (κ3) is 2.93. The SMILES string of the molecule is CCC(=O)c1ccc(OCc2cnoc2)cc1. The van der Waals surface area contributed by atoms with E-state index in [4.69, 9.17) is 9.26 Å². The predicted molar refractivity (Wildman–Crippen MR) is 61.9 cm³/mol. The smallest absolute Gasteiger partial charge is 0.162 e. The molecule has 2 aromatic rings. The van der Waals surface area contributed by atoms with E-state index in [1.54, 1.807) is 30.5 Å². The van der Waals surface area contributed by atoms with Crippen LogP contribution in [-0.2, 0) is 6.61 Å². The van der Waals surface area contributed by atoms with Gasteiger partial charge in [0.25, 0.3) is 0 Å². The van der Waals surface area contributed by atoms with Gasteiger partial charge in [-0.15, -0.1) is 0 Å². The van der Waals surface area contributed by atoms with Crippen LogP contribution >= 0.6 is 0 Å². The second-order valence-corrected chi connectivity index (χ2v) is 3.62. The van der Waals surface area contributed by atoms with Gasteiger partial charge in [-0.3, -0.25) is 4.79 Å². The van der Waals surface area contributed by atoms with Gasteiger partial charge in [-0.05, 0) is 24.3 Å². The molecule has 0 radical (unpaired) electrons. The zero-order valence-electron chi connectivity index (χ0n) is 9.55. The molecule has 0 unspecified atom stereocenters. The Hall–Kier alpha value is -2.10. The Morgan fingerprint density at radius 1 is 1.35 bits per heavy atom. The molecule has 0 saturated carbocycles. The van der Waals surface area contributed by atoms with Crippen LogP contribution in [0.5, 0.6) is 5.75 Å². The fourth-order valence-corrected chi connectivity index (χ4v) is 1.41. The predicted octanol–water partition coefficient (Wildman–Crippen LogP) is 2.85. The highest BCUT2D eigenvalue weighted by molar-refractivity contribution is 5.95. The van der Waals surface area contributed by atoms with Crippen molar-refractivity contribution in [2.24, 2.45) is 0 Å². The van der Waals surface area contributed by atoms with Crippen LogP contribution in [0.3, 0.4) is 0 Å². The van der Waals surface area contributed by atoms with Crippen LogP contribution < -0.4 is 4.74 Å². The lowest BCUT2D eigenvalue weighted by Gasteiger charge is -2.04. The minimum Gasteiger partial charge on any atom is -0.489 e. The van der Waals surface area contributed by atoms with Crippen molar-refractivity contribution < 1.29 is 14.1 Å². The quantitative estimate of drug-likeness (QED) is 0.742. The second-order valence-electron chi connectivity index (χ2n) is 3.62. The van der Waals surface area contributed by atoms with Gasteiger partial charge in [-0.25, -0.2) is 0 Å². The zero-order chi connectivity index (χ0) is 12.1. The van der Waals surface area contributed by atoms with Gasteiger partial charge in [0.15, 0.2) is 5.78 Å². The van der Waals surface area contributed by atoms with E-state index in [2.05, 4.69) is 5.16 Å². The number of carbonyl (C=O) groups is 1. The highest BCUT2D eigenvalue weighted by atomic mass is 16.5. The van der Waals surface area contributed by atoms with Crippen LogP contribution in [0, 0.1) is 0 Å². The molecular weight excluding hydrogens is 218 g/mol. The minimum atomic E-state index is 0.135. The molecular formula is C13H13NO3. The van der Waals surface area contributed by atoms with Crippen molar-refractivity contribution in [3.8, 4) is 5.75 Å². The van der Waals surface area contributed by atoms with E-state index in [1.807, 2.05) is 6.92 Å². The number of ether oxygens (including phenoxy) is 1. The number of nitrogens with zero attached hydrogens (tertiary/aromatic N) is 1. The standard InChI is InChI=1S/C13H13NO3/c1-2-13(15)11-3-5-12(6-4-11)16-8-10-7-14-17-9-10/h3-7,9H,2,8H2,1H3. The Kier molecular flexibility index (Phi) is 3.55. The van der Waals surface area contributed by atoms with Crippen LogP contribution in [0.2, 0.25) is 0 Å². The van der Waals surface area contributed by atoms with Crippen molar-refractivity contribution in [2.75, 3.05) is 0 Å². The highest BCUT2D eigenvalue weighted by Crippen LogP contribution is 2.15. The number of hydrogen-bond acceptors (Lipinski definition) is 4. The van der Waals surface area contributed by atoms with Gasteiger partial charge in [0, 0.05) is 17.5 Å². The number of carbonyl (C=O) groups excluding carboxylic acids is 1. The van der Waals surface area contributed by atoms with E-state index < -0.39 is 0 Å². The maximum atomic E-state index is 11.4. The van der Waals surface area contributed by atoms with Gasteiger partial charge in [-0.1, -0.05) is 12.1 Å². The first-order valence-electron chi connectivity index (χ1n) is 5.44. The number of hydrogen-bond donors (Lipinski definition) is 0. The molecule has 0 amide bonds. The Morgan fingerprint density at radius 3 is 2.71 bits per heavy atom. The number of ketones is 1. The lowest BCUT2D eigenvalue weighted by Crippen LogP contribution is -1.97. The van der Waals surface area contributed by atoms with Gasteiger partial charge in [0.2, 0.25) is 0 Å². The molecule has 0 N–H and O–H groups in total. The van der Waals surface area contributed by atoms with Gasteiger partial charge >= 0.3 is 0 Å². The second kappa shape index (κ2) is 5.30. The molecule has 17 heavy (non-hydrogen) atoms. The van der Waals surface area contributed by atoms with Crippen LogP contribution in [0.4, 0.5) is 0 Å². The molecule has 1 aromatic heterocycles. The average Bonchev–Trinajstić information content (AvgIpc) is 2.89. The summed E-state index contributed by atoms with van der Waals surface area (Å²) in [5.74, 6) is 0.856. The summed E-state index contributed by atoms with van der Waals surface area (Å²) in [4.78, 5) is 11.4. The molecule has 4 heteroatoms. The first-order valence-corrected chi connectivity index (χ1v) is 5.44. The third-order valence-electron chi connectivity index (χ3n) is 2.39. The summed E-state index contributed by atoms with van der Waals surface area (Å²) in [6, 6.07) is 7.12. The largest absolute Gasteiger partial charge is 0.489 e. The van der Waals surface area contributed by atoms with Crippen molar-refractivity contribution in [1.29, 1.82) is 0 Å². The Balaban J connectivity index is 1.96. The molecule has 0 aliphatic rings. The lowest BCUT2D eigenvalue weighted by molar-refractivity contribution is 0.0988. The number of aromatic nitrogens is 1. The van der Waals surface area contributed by atoms with Crippen molar-refractivity contribution in [2.45, 2.75) is 20.0 Å². The summed E-state index contributed by atoms with van der Waals surface area (Å²) in [6.45, 7) is 2.25. The fourth-order valence-electron chi connectivity index (χ4n) is 1.41. The van der Waals surface area contributed by atoms with Crippen LogP contribution in [0.15, 0.2) is 41.2 Å². The van der Waals surface area contributed by atoms with Crippen molar-refractivity contribution >= 4 is 5.78 Å². The number of Topliss-reactive ketones (excluding diaryl/α,β-unsaturated/α-hetero) is 1. The molecule has 0 saturated heterocycles. The summed E-state index contributed by atoms with van der Waals surface area (Å²) in [7, 11) is 0. The number of benzene rings is 1. The molecule has 0 fully saturated rings. The average molecular weight is 231 g/mol. The van der Waals surface area contributed by atoms with Crippen molar-refractivity contribution in [3.63, 3.8) is 0 Å². The summed E-state index contributed by atoms with van der Waals surface area (Å²) in [5.41, 5.74) is 1.59. The van der Waals surface area contributed by atoms with Crippen LogP contribution in [-0.4, -0.2) is 10.9 Å². The van der Waals surface area contributed by atoms with E-state index in [1.165, 1.54) is 6.26 Å². The molecule has 88 valence electrons. The van der Waals surface area contributed by atoms with E-state index in [-0.39, 0.29) is 5.78 Å². The molecule has 1 aromatic carbocycles. The normalized spacial score (nSPS) is 10.2. The number of rotatable bonds is 5. The maximum Gasteiger partial charge on any atom is 0.162 e. The zero-order valence-corrected chi connectivity index (χ0v) is 9.55. The Bertz CT molecular complexity index is 474. The van der Waals surface area contributed by atoms with Gasteiger partial charge in [-0.2, -0.15) is 0 Å². The summed E-state index contributed by atoms with van der Waals surface area (Å²) in [6.07, 6.45) is 3.66. The highest BCUT2D eigenvalue weighted by Gasteiger charge is 2.03. The van der Waals surface area contributed by atoms with Crippen LogP contribution in [0.1, 0.15) is 29.3 Å². The first kappa shape index (κ1) is 11.4. The molecule has 2 rings (SSSR count). The lowest BCUT2D eigenvalue weighted by atomic mass is 10.1. The van der Waals surface area contributed by atoms with Crippen molar-refractivity contribution in [1.82, 2.24) is 5.16 Å². The molecule has 4 nitrogen and oxygen atoms in total. The van der Waals surface area contributed by atoms with E-state index >= 15 is 0 Å². The van der Waals surface area contributed by atoms with Gasteiger partial charge in [0.1, 0.15) is 18.6 Å². The van der Waals surface area contributed by atoms with Crippen LogP contribution in [0.25, 0.3) is 0 Å². The summed E-state index contributed by atoms with van der Waals surface area (Å²) in [5, 5.41) is 3.58. The molecule has 1 heterocycles. The minimum absolute atomic E-state index is 0.135. The topological polar surface area (TPSA) is 52.3 Å². The van der Waals surface area contributed by atoms with Crippen molar-refractivity contribution in [3.05, 3.63) is 47.9 Å². The molecule has 0 atom stereocenters. The summed E-state index contributed by atoms with van der Waals surface area (Å²) < 4.78 is 10.2. The molecule has 0 aliphatic heterocycles. The molecule has 0 spiro atoms. The van der Waals surface area contributed by atoms with E-state index in [0.717, 1.165) is 11.3 Å². The van der Waals surface area contributed by atoms with E-state index in [0.29, 0.717) is 18.6 Å². The fraction of sp³-hybridized carbons (Fsp3) is 0.231. The third-order valence-corrected chi connectivity index (χ3v) is 2.39.